The summed E-state index contributed by atoms with van der Waals surface area (Å²) in [7, 11) is 5.56. The molecule has 168 valence electrons. The lowest BCUT2D eigenvalue weighted by atomic mass is 9.93. The Hall–Kier alpha value is -3.89. The van der Waals surface area contributed by atoms with Crippen molar-refractivity contribution in [2.24, 2.45) is 0 Å². The third-order valence-corrected chi connectivity index (χ3v) is 4.59. The highest BCUT2D eigenvalue weighted by Crippen LogP contribution is 2.48. The molecule has 3 aromatic carbocycles. The van der Waals surface area contributed by atoms with Crippen molar-refractivity contribution in [1.29, 1.82) is 0 Å². The average molecular weight is 436 g/mol. The van der Waals surface area contributed by atoms with Crippen LogP contribution in [0.3, 0.4) is 0 Å². The van der Waals surface area contributed by atoms with Crippen LogP contribution in [0.15, 0.2) is 30.3 Å². The molecule has 0 atom stereocenters. The lowest BCUT2D eigenvalue weighted by molar-refractivity contribution is 0.0697. The molecule has 7 N–H and O–H groups in total. The fraction of sp³-hybridized carbons (Fsp3) is 0.190. The Balaban J connectivity index is 0.00000240. The van der Waals surface area contributed by atoms with E-state index in [4.69, 9.17) is 18.9 Å². The van der Waals surface area contributed by atoms with Crippen LogP contribution < -0.4 is 18.9 Å². The first kappa shape index (κ1) is 25.1. The van der Waals surface area contributed by atoms with E-state index in [-0.39, 0.29) is 51.0 Å². The second-order valence-corrected chi connectivity index (χ2v) is 6.12. The van der Waals surface area contributed by atoms with Crippen LogP contribution in [-0.2, 0) is 0 Å². The fourth-order valence-electron chi connectivity index (χ4n) is 3.23. The Morgan fingerprint density at radius 3 is 1.71 bits per heavy atom. The second-order valence-electron chi connectivity index (χ2n) is 6.12. The highest BCUT2D eigenvalue weighted by atomic mass is 16.5. The summed E-state index contributed by atoms with van der Waals surface area (Å²) < 4.78 is 21.0. The monoisotopic (exact) mass is 436 g/mol. The van der Waals surface area contributed by atoms with Gasteiger partial charge >= 0.3 is 5.97 Å². The largest absolute Gasteiger partial charge is 0.502 e. The Labute approximate surface area is 177 Å². The molecule has 0 bridgehead atoms. The van der Waals surface area contributed by atoms with Gasteiger partial charge in [0.1, 0.15) is 0 Å². The zero-order valence-electron chi connectivity index (χ0n) is 17.3. The zero-order chi connectivity index (χ0) is 21.3. The number of hydrogen-bond acceptors (Lipinski definition) is 7. The predicted octanol–water partition coefficient (Wildman–Crippen LogP) is 2.00. The molecule has 0 heterocycles. The van der Waals surface area contributed by atoms with E-state index in [2.05, 4.69) is 0 Å². The van der Waals surface area contributed by atoms with Gasteiger partial charge in [0.2, 0.25) is 11.5 Å². The van der Waals surface area contributed by atoms with Crippen LogP contribution in [0.25, 0.3) is 21.9 Å². The van der Waals surface area contributed by atoms with Crippen molar-refractivity contribution in [2.45, 2.75) is 0 Å². The van der Waals surface area contributed by atoms with Crippen LogP contribution in [0.2, 0.25) is 0 Å². The molecule has 0 fully saturated rings. The lowest BCUT2D eigenvalue weighted by Gasteiger charge is -2.17. The van der Waals surface area contributed by atoms with Crippen molar-refractivity contribution < 1.29 is 50.0 Å². The van der Waals surface area contributed by atoms with Gasteiger partial charge in [-0.25, -0.2) is 4.79 Å². The highest BCUT2D eigenvalue weighted by molar-refractivity contribution is 6.07. The zero-order valence-corrected chi connectivity index (χ0v) is 17.3. The molecule has 0 spiro atoms. The summed E-state index contributed by atoms with van der Waals surface area (Å²) in [6, 6.07) is 7.51. The highest BCUT2D eigenvalue weighted by Gasteiger charge is 2.22. The minimum absolute atomic E-state index is 0. The Morgan fingerprint density at radius 1 is 0.742 bits per heavy atom. The van der Waals surface area contributed by atoms with Crippen LogP contribution in [-0.4, -0.2) is 60.7 Å². The molecule has 0 saturated heterocycles. The first-order valence-electron chi connectivity index (χ1n) is 8.46. The Bertz CT molecular complexity index is 1080. The molecule has 0 saturated carbocycles. The number of phenols is 2. The number of hydrogen-bond donors (Lipinski definition) is 3. The second kappa shape index (κ2) is 9.74. The summed E-state index contributed by atoms with van der Waals surface area (Å²) >= 11 is 0. The first-order valence-corrected chi connectivity index (χ1v) is 8.46. The summed E-state index contributed by atoms with van der Waals surface area (Å²) in [6.45, 7) is 0. The molecule has 0 aliphatic rings. The summed E-state index contributed by atoms with van der Waals surface area (Å²) in [5.74, 6) is -0.980. The van der Waals surface area contributed by atoms with Crippen molar-refractivity contribution in [2.75, 3.05) is 28.4 Å². The van der Waals surface area contributed by atoms with E-state index >= 15 is 0 Å². The summed E-state index contributed by atoms with van der Waals surface area (Å²) in [5.41, 5.74) is 0.951. The van der Waals surface area contributed by atoms with Crippen molar-refractivity contribution in [3.05, 3.63) is 35.9 Å². The summed E-state index contributed by atoms with van der Waals surface area (Å²) in [4.78, 5) is 11.7. The molecule has 0 unspecified atom stereocenters. The number of methoxy groups -OCH3 is 4. The van der Waals surface area contributed by atoms with Gasteiger partial charge in [-0.3, -0.25) is 0 Å². The quantitative estimate of drug-likeness (QED) is 0.525. The van der Waals surface area contributed by atoms with E-state index in [1.165, 1.54) is 46.6 Å². The van der Waals surface area contributed by atoms with Crippen molar-refractivity contribution >= 4 is 16.7 Å². The van der Waals surface area contributed by atoms with Crippen molar-refractivity contribution in [1.82, 2.24) is 0 Å². The minimum Gasteiger partial charge on any atom is -0.502 e. The van der Waals surface area contributed by atoms with Gasteiger partial charge in [0, 0.05) is 5.39 Å². The molecular formula is C21H24O10. The van der Waals surface area contributed by atoms with Crippen molar-refractivity contribution in [3.8, 4) is 45.6 Å². The number of aromatic carboxylic acids is 1. The average Bonchev–Trinajstić information content (AvgIpc) is 2.72. The number of ether oxygens (including phenoxy) is 4. The van der Waals surface area contributed by atoms with Crippen LogP contribution >= 0.6 is 0 Å². The molecule has 0 aliphatic heterocycles. The van der Waals surface area contributed by atoms with Crippen LogP contribution in [0.5, 0.6) is 34.5 Å². The molecule has 10 heteroatoms. The minimum atomic E-state index is -1.13. The topological polar surface area (TPSA) is 178 Å². The third-order valence-electron chi connectivity index (χ3n) is 4.59. The molecule has 0 aliphatic carbocycles. The number of phenolic OH excluding ortho intramolecular Hbond substituents is 2. The smallest absolute Gasteiger partial charge is 0.335 e. The lowest BCUT2D eigenvalue weighted by Crippen LogP contribution is -2.00. The number of carboxylic acids is 1. The van der Waals surface area contributed by atoms with Gasteiger partial charge in [0.15, 0.2) is 23.0 Å². The Morgan fingerprint density at radius 2 is 1.26 bits per heavy atom. The predicted molar refractivity (Wildman–Crippen MR) is 113 cm³/mol. The van der Waals surface area contributed by atoms with Gasteiger partial charge in [-0.15, -0.1) is 0 Å². The molecular weight excluding hydrogens is 412 g/mol. The number of aromatic hydroxyl groups is 2. The summed E-state index contributed by atoms with van der Waals surface area (Å²) in [5, 5.41) is 31.2. The van der Waals surface area contributed by atoms with Gasteiger partial charge < -0.3 is 45.2 Å². The number of fused-ring (bicyclic) bond motifs is 1. The number of rotatable bonds is 6. The van der Waals surface area contributed by atoms with Crippen LogP contribution in [0, 0.1) is 0 Å². The molecule has 0 aromatic heterocycles. The van der Waals surface area contributed by atoms with Gasteiger partial charge in [0.25, 0.3) is 0 Å². The maximum atomic E-state index is 11.7. The van der Waals surface area contributed by atoms with Crippen LogP contribution in [0.4, 0.5) is 0 Å². The first-order chi connectivity index (χ1) is 13.9. The SMILES string of the molecule is COc1cc(-c2cc(C(=O)O)cc3cc(OC)c(O)c(OC)c23)cc(OC)c1O.O.O. The Kier molecular flexibility index (Phi) is 7.90. The fourth-order valence-corrected chi connectivity index (χ4v) is 3.23. The van der Waals surface area contributed by atoms with Gasteiger partial charge in [-0.2, -0.15) is 0 Å². The normalized spacial score (nSPS) is 9.94. The maximum Gasteiger partial charge on any atom is 0.335 e. The van der Waals surface area contributed by atoms with E-state index in [0.717, 1.165) is 0 Å². The molecule has 0 amide bonds. The van der Waals surface area contributed by atoms with Gasteiger partial charge in [0.05, 0.1) is 34.0 Å². The molecule has 10 nitrogen and oxygen atoms in total. The van der Waals surface area contributed by atoms with Gasteiger partial charge in [-0.1, -0.05) is 0 Å². The number of carboxylic acid groups (broad SMARTS) is 1. The standard InChI is InChI=1S/C21H20O8.2H2O/c1-26-14-7-10(8-15(27-2)18(14)22)13-6-12(21(24)25)5-11-9-16(28-3)19(23)20(29-4)17(11)13;;/h5-9,22-23H,1-4H3,(H,24,25);2*1H2. The van der Waals surface area contributed by atoms with Gasteiger partial charge in [-0.05, 0) is 46.8 Å². The molecule has 31 heavy (non-hydrogen) atoms. The van der Waals surface area contributed by atoms with Crippen LogP contribution in [0.1, 0.15) is 10.4 Å². The van der Waals surface area contributed by atoms with Crippen molar-refractivity contribution in [3.63, 3.8) is 0 Å². The van der Waals surface area contributed by atoms with E-state index < -0.39 is 5.97 Å². The number of benzene rings is 3. The van der Waals surface area contributed by atoms with E-state index in [0.29, 0.717) is 21.9 Å². The third kappa shape index (κ3) is 4.20. The molecule has 0 radical (unpaired) electrons. The van der Waals surface area contributed by atoms with E-state index in [1.54, 1.807) is 12.1 Å². The molecule has 3 rings (SSSR count). The van der Waals surface area contributed by atoms with E-state index in [1.807, 2.05) is 0 Å². The molecule has 3 aromatic rings. The summed E-state index contributed by atoms with van der Waals surface area (Å²) in [6.07, 6.45) is 0. The number of carbonyl (C=O) groups is 1. The maximum absolute atomic E-state index is 11.7. The van der Waals surface area contributed by atoms with E-state index in [9.17, 15) is 20.1 Å².